The minimum Gasteiger partial charge on any atom is -0.507 e. The van der Waals surface area contributed by atoms with Crippen LogP contribution in [0.5, 0.6) is 23.0 Å². The summed E-state index contributed by atoms with van der Waals surface area (Å²) in [6.45, 7) is 2.59. The van der Waals surface area contributed by atoms with E-state index in [0.717, 1.165) is 29.5 Å². The lowest BCUT2D eigenvalue weighted by Crippen LogP contribution is -2.19. The average Bonchev–Trinajstić information content (AvgIpc) is 2.93. The second kappa shape index (κ2) is 10.8. The summed E-state index contributed by atoms with van der Waals surface area (Å²) in [5.74, 6) is 1.32. The van der Waals surface area contributed by atoms with E-state index in [1.54, 1.807) is 19.2 Å². The second-order valence-electron chi connectivity index (χ2n) is 9.12. The van der Waals surface area contributed by atoms with Crippen LogP contribution in [0.3, 0.4) is 0 Å². The van der Waals surface area contributed by atoms with E-state index in [0.29, 0.717) is 41.4 Å². The van der Waals surface area contributed by atoms with Crippen LogP contribution in [0.25, 0.3) is 0 Å². The van der Waals surface area contributed by atoms with Crippen molar-refractivity contribution in [2.24, 2.45) is 0 Å². The van der Waals surface area contributed by atoms with Gasteiger partial charge in [0.15, 0.2) is 0 Å². The number of unbranched alkanes of at least 4 members (excludes halogenated alkanes) is 1. The predicted octanol–water partition coefficient (Wildman–Crippen LogP) is 6.88. The first-order chi connectivity index (χ1) is 18.1. The van der Waals surface area contributed by atoms with Crippen LogP contribution in [0.2, 0.25) is 0 Å². The van der Waals surface area contributed by atoms with Crippen molar-refractivity contribution >= 4 is 5.78 Å². The monoisotopic (exact) mass is 494 g/mol. The van der Waals surface area contributed by atoms with E-state index in [-0.39, 0.29) is 23.2 Å². The molecule has 4 aromatic rings. The van der Waals surface area contributed by atoms with Crippen LogP contribution in [0.15, 0.2) is 84.9 Å². The standard InChI is InChI=1S/C32H30O5/c1-3-4-17-36-28-20-24(35-2)18-23-19-25-27(16-15-26(33)30(25)31(34)29(23)28)37-32(21-11-7-5-8-12-21)22-13-9-6-10-14-22/h5-16,18,20,32-33H,3-4,17,19H2,1-2H3. The largest absolute Gasteiger partial charge is 0.507 e. The van der Waals surface area contributed by atoms with Gasteiger partial charge in [0.1, 0.15) is 29.1 Å². The van der Waals surface area contributed by atoms with Crippen molar-refractivity contribution in [1.82, 2.24) is 0 Å². The number of hydrogen-bond donors (Lipinski definition) is 1. The van der Waals surface area contributed by atoms with Crippen LogP contribution in [-0.2, 0) is 6.42 Å². The van der Waals surface area contributed by atoms with Crippen LogP contribution < -0.4 is 14.2 Å². The summed E-state index contributed by atoms with van der Waals surface area (Å²) in [5.41, 5.74) is 4.16. The first-order valence-corrected chi connectivity index (χ1v) is 12.6. The number of methoxy groups -OCH3 is 1. The molecule has 0 aromatic heterocycles. The number of benzene rings is 4. The topological polar surface area (TPSA) is 65.0 Å². The minimum absolute atomic E-state index is 0.0655. The molecule has 0 atom stereocenters. The summed E-state index contributed by atoms with van der Waals surface area (Å²) in [7, 11) is 1.60. The number of carbonyl (C=O) groups is 1. The maximum Gasteiger partial charge on any atom is 0.201 e. The van der Waals surface area contributed by atoms with Gasteiger partial charge >= 0.3 is 0 Å². The highest BCUT2D eigenvalue weighted by Crippen LogP contribution is 2.44. The molecule has 5 nitrogen and oxygen atoms in total. The highest BCUT2D eigenvalue weighted by Gasteiger charge is 2.33. The third kappa shape index (κ3) is 4.90. The first-order valence-electron chi connectivity index (χ1n) is 12.6. The normalized spacial score (nSPS) is 12.1. The third-order valence-corrected chi connectivity index (χ3v) is 6.67. The molecule has 0 heterocycles. The summed E-state index contributed by atoms with van der Waals surface area (Å²) in [5, 5.41) is 10.8. The van der Waals surface area contributed by atoms with Crippen LogP contribution in [0, 0.1) is 0 Å². The lowest BCUT2D eigenvalue weighted by Gasteiger charge is -2.27. The van der Waals surface area contributed by atoms with Gasteiger partial charge in [-0.3, -0.25) is 4.79 Å². The van der Waals surface area contributed by atoms with E-state index in [1.807, 2.05) is 66.7 Å². The van der Waals surface area contributed by atoms with Gasteiger partial charge in [0.25, 0.3) is 0 Å². The highest BCUT2D eigenvalue weighted by molar-refractivity contribution is 6.16. The zero-order chi connectivity index (χ0) is 25.8. The van der Waals surface area contributed by atoms with Crippen molar-refractivity contribution in [1.29, 1.82) is 0 Å². The molecule has 5 heteroatoms. The number of carbonyl (C=O) groups excluding carboxylic acids is 1. The molecule has 0 spiro atoms. The summed E-state index contributed by atoms with van der Waals surface area (Å²) < 4.78 is 18.2. The molecule has 0 aliphatic heterocycles. The molecule has 0 amide bonds. The van der Waals surface area contributed by atoms with E-state index >= 15 is 0 Å². The van der Waals surface area contributed by atoms with Gasteiger partial charge in [0, 0.05) is 18.1 Å². The SMILES string of the molecule is CCCCOc1cc(OC)cc2c1C(=O)c1c(O)ccc(OC(c3ccccc3)c3ccccc3)c1C2. The minimum atomic E-state index is -0.384. The Morgan fingerprint density at radius 2 is 1.54 bits per heavy atom. The number of aromatic hydroxyl groups is 1. The number of phenolic OH excluding ortho intramolecular Hbond substituents is 1. The summed E-state index contributed by atoms with van der Waals surface area (Å²) in [6.07, 6.45) is 1.87. The van der Waals surface area contributed by atoms with Gasteiger partial charge in [-0.2, -0.15) is 0 Å². The van der Waals surface area contributed by atoms with Crippen LogP contribution >= 0.6 is 0 Å². The Morgan fingerprint density at radius 3 is 2.16 bits per heavy atom. The molecule has 4 aromatic carbocycles. The summed E-state index contributed by atoms with van der Waals surface area (Å²) >= 11 is 0. The van der Waals surface area contributed by atoms with Gasteiger partial charge in [-0.25, -0.2) is 0 Å². The Labute approximate surface area is 217 Å². The van der Waals surface area contributed by atoms with E-state index in [4.69, 9.17) is 14.2 Å². The molecule has 37 heavy (non-hydrogen) atoms. The van der Waals surface area contributed by atoms with Gasteiger partial charge in [-0.1, -0.05) is 74.0 Å². The van der Waals surface area contributed by atoms with E-state index < -0.39 is 0 Å². The van der Waals surface area contributed by atoms with Crippen LogP contribution in [0.4, 0.5) is 0 Å². The Kier molecular flexibility index (Phi) is 7.13. The smallest absolute Gasteiger partial charge is 0.201 e. The lowest BCUT2D eigenvalue weighted by molar-refractivity contribution is 0.102. The van der Waals surface area contributed by atoms with E-state index in [9.17, 15) is 9.90 Å². The van der Waals surface area contributed by atoms with Gasteiger partial charge in [-0.15, -0.1) is 0 Å². The third-order valence-electron chi connectivity index (χ3n) is 6.67. The Balaban J connectivity index is 1.58. The highest BCUT2D eigenvalue weighted by atomic mass is 16.5. The number of phenols is 1. The maximum absolute atomic E-state index is 13.8. The van der Waals surface area contributed by atoms with Crippen molar-refractivity contribution in [2.45, 2.75) is 32.3 Å². The molecule has 1 aliphatic carbocycles. The van der Waals surface area contributed by atoms with Gasteiger partial charge in [0.2, 0.25) is 5.78 Å². The maximum atomic E-state index is 13.8. The molecule has 0 unspecified atom stereocenters. The van der Waals surface area contributed by atoms with Crippen molar-refractivity contribution in [3.8, 4) is 23.0 Å². The zero-order valence-electron chi connectivity index (χ0n) is 21.1. The fourth-order valence-corrected chi connectivity index (χ4v) is 4.78. The van der Waals surface area contributed by atoms with Gasteiger partial charge in [-0.05, 0) is 41.3 Å². The first kappa shape index (κ1) is 24.4. The van der Waals surface area contributed by atoms with Crippen molar-refractivity contribution in [3.63, 3.8) is 0 Å². The fraction of sp³-hybridized carbons (Fsp3) is 0.219. The number of hydrogen-bond acceptors (Lipinski definition) is 5. The number of ketones is 1. The van der Waals surface area contributed by atoms with Gasteiger partial charge < -0.3 is 19.3 Å². The Morgan fingerprint density at radius 1 is 0.865 bits per heavy atom. The second-order valence-corrected chi connectivity index (χ2v) is 9.12. The molecule has 0 saturated heterocycles. The lowest BCUT2D eigenvalue weighted by atomic mass is 9.83. The van der Waals surface area contributed by atoms with Crippen molar-refractivity contribution < 1.29 is 24.1 Å². The Bertz CT molecular complexity index is 1360. The number of rotatable bonds is 9. The molecule has 0 fully saturated rings. The Hall–Kier alpha value is -4.25. The summed E-state index contributed by atoms with van der Waals surface area (Å²) in [6, 6.07) is 26.8. The molecular formula is C32H30O5. The van der Waals surface area contributed by atoms with Crippen molar-refractivity contribution in [3.05, 3.63) is 118 Å². The van der Waals surface area contributed by atoms with Crippen LogP contribution in [-0.4, -0.2) is 24.6 Å². The van der Waals surface area contributed by atoms with E-state index in [1.165, 1.54) is 6.07 Å². The number of ether oxygens (including phenoxy) is 3. The van der Waals surface area contributed by atoms with E-state index in [2.05, 4.69) is 6.92 Å². The zero-order valence-corrected chi connectivity index (χ0v) is 21.1. The average molecular weight is 495 g/mol. The van der Waals surface area contributed by atoms with Crippen molar-refractivity contribution in [2.75, 3.05) is 13.7 Å². The molecular weight excluding hydrogens is 464 g/mol. The molecule has 1 N–H and O–H groups in total. The van der Waals surface area contributed by atoms with Gasteiger partial charge in [0.05, 0.1) is 24.8 Å². The fourth-order valence-electron chi connectivity index (χ4n) is 4.78. The number of fused-ring (bicyclic) bond motifs is 2. The molecule has 0 saturated carbocycles. The molecule has 5 rings (SSSR count). The summed E-state index contributed by atoms with van der Waals surface area (Å²) in [4.78, 5) is 13.8. The quantitative estimate of drug-likeness (QED) is 0.226. The van der Waals surface area contributed by atoms with Crippen LogP contribution in [0.1, 0.15) is 64.0 Å². The predicted molar refractivity (Wildman–Crippen MR) is 143 cm³/mol. The molecule has 1 aliphatic rings. The molecule has 0 radical (unpaired) electrons. The molecule has 188 valence electrons. The molecule has 0 bridgehead atoms.